The van der Waals surface area contributed by atoms with Crippen molar-refractivity contribution in [1.29, 1.82) is 0 Å². The van der Waals surface area contributed by atoms with Gasteiger partial charge in [0.15, 0.2) is 0 Å². The lowest BCUT2D eigenvalue weighted by molar-refractivity contribution is -0.151. The van der Waals surface area contributed by atoms with E-state index in [1.165, 1.54) is 0 Å². The van der Waals surface area contributed by atoms with Gasteiger partial charge in [-0.15, -0.1) is 0 Å². The van der Waals surface area contributed by atoms with Crippen LogP contribution in [0.25, 0.3) is 0 Å². The third-order valence-corrected chi connectivity index (χ3v) is 1.58. The van der Waals surface area contributed by atoms with Gasteiger partial charge in [-0.05, 0) is 26.8 Å². The third kappa shape index (κ3) is 3.72. The maximum absolute atomic E-state index is 11.3. The lowest BCUT2D eigenvalue weighted by Gasteiger charge is -2.19. The van der Waals surface area contributed by atoms with Crippen molar-refractivity contribution in [2.24, 2.45) is 5.92 Å². The van der Waals surface area contributed by atoms with Crippen LogP contribution in [0.4, 0.5) is 0 Å². The maximum Gasteiger partial charge on any atom is 0.323 e. The monoisotopic (exact) mass is 173 g/mol. The standard InChI is InChI=1S/C9H19NO2/c1-6(2)8(10-5)9(11)12-7(3)4/h6-8,10H,1-5H3. The van der Waals surface area contributed by atoms with E-state index in [0.29, 0.717) is 0 Å². The Morgan fingerprint density at radius 1 is 1.25 bits per heavy atom. The molecule has 0 bridgehead atoms. The summed E-state index contributed by atoms with van der Waals surface area (Å²) in [6.45, 7) is 7.68. The van der Waals surface area contributed by atoms with E-state index in [4.69, 9.17) is 4.74 Å². The van der Waals surface area contributed by atoms with Crippen molar-refractivity contribution in [1.82, 2.24) is 5.32 Å². The highest BCUT2D eigenvalue weighted by Crippen LogP contribution is 2.04. The Hall–Kier alpha value is -0.570. The van der Waals surface area contributed by atoms with Gasteiger partial charge in [-0.1, -0.05) is 13.8 Å². The van der Waals surface area contributed by atoms with E-state index >= 15 is 0 Å². The second kappa shape index (κ2) is 5.14. The minimum Gasteiger partial charge on any atom is -0.462 e. The molecule has 12 heavy (non-hydrogen) atoms. The largest absolute Gasteiger partial charge is 0.462 e. The summed E-state index contributed by atoms with van der Waals surface area (Å²) in [7, 11) is 1.77. The summed E-state index contributed by atoms with van der Waals surface area (Å²) in [5, 5.41) is 2.93. The van der Waals surface area contributed by atoms with Crippen LogP contribution in [-0.2, 0) is 9.53 Å². The molecule has 0 aliphatic rings. The molecular weight excluding hydrogens is 154 g/mol. The van der Waals surface area contributed by atoms with Gasteiger partial charge in [0.2, 0.25) is 0 Å². The molecule has 1 unspecified atom stereocenters. The van der Waals surface area contributed by atoms with E-state index in [1.54, 1.807) is 7.05 Å². The fourth-order valence-corrected chi connectivity index (χ4v) is 1.03. The van der Waals surface area contributed by atoms with Gasteiger partial charge < -0.3 is 10.1 Å². The molecule has 0 heterocycles. The zero-order valence-corrected chi connectivity index (χ0v) is 8.55. The molecular formula is C9H19NO2. The molecule has 0 spiro atoms. The first-order chi connectivity index (χ1) is 5.49. The Bertz CT molecular complexity index is 143. The van der Waals surface area contributed by atoms with Crippen LogP contribution < -0.4 is 5.32 Å². The van der Waals surface area contributed by atoms with Gasteiger partial charge in [-0.3, -0.25) is 4.79 Å². The average Bonchev–Trinajstić information content (AvgIpc) is 1.85. The van der Waals surface area contributed by atoms with Crippen molar-refractivity contribution in [3.05, 3.63) is 0 Å². The predicted molar refractivity (Wildman–Crippen MR) is 48.9 cm³/mol. The molecule has 0 rings (SSSR count). The van der Waals surface area contributed by atoms with Crippen molar-refractivity contribution in [2.45, 2.75) is 39.8 Å². The molecule has 0 fully saturated rings. The summed E-state index contributed by atoms with van der Waals surface area (Å²) in [6.07, 6.45) is -0.0351. The Kier molecular flexibility index (Phi) is 4.90. The number of carbonyl (C=O) groups excluding carboxylic acids is 1. The Morgan fingerprint density at radius 2 is 1.75 bits per heavy atom. The first kappa shape index (κ1) is 11.4. The molecule has 0 aromatic carbocycles. The van der Waals surface area contributed by atoms with Crippen LogP contribution in [0.1, 0.15) is 27.7 Å². The van der Waals surface area contributed by atoms with Gasteiger partial charge >= 0.3 is 5.97 Å². The predicted octanol–water partition coefficient (Wildman–Crippen LogP) is 1.18. The number of likely N-dealkylation sites (N-methyl/N-ethyl adjacent to an activating group) is 1. The fourth-order valence-electron chi connectivity index (χ4n) is 1.03. The quantitative estimate of drug-likeness (QED) is 0.649. The van der Waals surface area contributed by atoms with Crippen molar-refractivity contribution in [3.63, 3.8) is 0 Å². The highest BCUT2D eigenvalue weighted by molar-refractivity contribution is 5.76. The normalized spacial score (nSPS) is 13.6. The summed E-state index contributed by atoms with van der Waals surface area (Å²) >= 11 is 0. The van der Waals surface area contributed by atoms with Crippen LogP contribution in [0.15, 0.2) is 0 Å². The van der Waals surface area contributed by atoms with E-state index < -0.39 is 0 Å². The lowest BCUT2D eigenvalue weighted by atomic mass is 10.1. The minimum atomic E-state index is -0.188. The molecule has 0 radical (unpaired) electrons. The van der Waals surface area contributed by atoms with Crippen LogP contribution in [0.5, 0.6) is 0 Å². The highest BCUT2D eigenvalue weighted by Gasteiger charge is 2.21. The number of esters is 1. The molecule has 0 saturated heterocycles. The SMILES string of the molecule is CNC(C(=O)OC(C)C)C(C)C. The average molecular weight is 173 g/mol. The first-order valence-corrected chi connectivity index (χ1v) is 4.36. The minimum absolute atomic E-state index is 0.0351. The number of hydrogen-bond donors (Lipinski definition) is 1. The first-order valence-electron chi connectivity index (χ1n) is 4.36. The number of carbonyl (C=O) groups is 1. The number of nitrogens with one attached hydrogen (secondary N) is 1. The van der Waals surface area contributed by atoms with E-state index in [-0.39, 0.29) is 24.0 Å². The zero-order chi connectivity index (χ0) is 9.72. The van der Waals surface area contributed by atoms with Gasteiger partial charge in [-0.25, -0.2) is 0 Å². The highest BCUT2D eigenvalue weighted by atomic mass is 16.5. The van der Waals surface area contributed by atoms with Gasteiger partial charge in [0.25, 0.3) is 0 Å². The van der Waals surface area contributed by atoms with Crippen LogP contribution >= 0.6 is 0 Å². The van der Waals surface area contributed by atoms with E-state index in [1.807, 2.05) is 27.7 Å². The summed E-state index contributed by atoms with van der Waals surface area (Å²) in [5.74, 6) is 0.101. The number of ether oxygens (including phenoxy) is 1. The summed E-state index contributed by atoms with van der Waals surface area (Å²) in [4.78, 5) is 11.3. The summed E-state index contributed by atoms with van der Waals surface area (Å²) in [6, 6.07) is -0.188. The fraction of sp³-hybridized carbons (Fsp3) is 0.889. The molecule has 0 aromatic heterocycles. The Labute approximate surface area is 74.5 Å². The van der Waals surface area contributed by atoms with Gasteiger partial charge in [0.1, 0.15) is 6.04 Å². The van der Waals surface area contributed by atoms with E-state index in [0.717, 1.165) is 0 Å². The second-order valence-corrected chi connectivity index (χ2v) is 3.50. The summed E-state index contributed by atoms with van der Waals surface area (Å²) < 4.78 is 5.06. The topological polar surface area (TPSA) is 38.3 Å². The molecule has 3 nitrogen and oxygen atoms in total. The second-order valence-electron chi connectivity index (χ2n) is 3.50. The molecule has 1 N–H and O–H groups in total. The number of rotatable bonds is 4. The van der Waals surface area contributed by atoms with Crippen molar-refractivity contribution < 1.29 is 9.53 Å². The zero-order valence-electron chi connectivity index (χ0n) is 8.55. The third-order valence-electron chi connectivity index (χ3n) is 1.58. The van der Waals surface area contributed by atoms with Crippen LogP contribution in [-0.4, -0.2) is 25.2 Å². The molecule has 0 aliphatic heterocycles. The van der Waals surface area contributed by atoms with Crippen molar-refractivity contribution in [2.75, 3.05) is 7.05 Å². The van der Waals surface area contributed by atoms with Gasteiger partial charge in [0, 0.05) is 0 Å². The van der Waals surface area contributed by atoms with Crippen LogP contribution in [0.3, 0.4) is 0 Å². The molecule has 0 aliphatic carbocycles. The van der Waals surface area contributed by atoms with Crippen LogP contribution in [0, 0.1) is 5.92 Å². The van der Waals surface area contributed by atoms with Gasteiger partial charge in [0.05, 0.1) is 6.10 Å². The molecule has 3 heteroatoms. The molecule has 1 atom stereocenters. The van der Waals surface area contributed by atoms with Gasteiger partial charge in [-0.2, -0.15) is 0 Å². The Morgan fingerprint density at radius 3 is 2.00 bits per heavy atom. The molecule has 0 aromatic rings. The smallest absolute Gasteiger partial charge is 0.323 e. The van der Waals surface area contributed by atoms with Crippen molar-refractivity contribution in [3.8, 4) is 0 Å². The molecule has 0 saturated carbocycles. The number of hydrogen-bond acceptors (Lipinski definition) is 3. The molecule has 72 valence electrons. The Balaban J connectivity index is 4.04. The molecule has 0 amide bonds. The van der Waals surface area contributed by atoms with Crippen LogP contribution in [0.2, 0.25) is 0 Å². The van der Waals surface area contributed by atoms with E-state index in [9.17, 15) is 4.79 Å². The van der Waals surface area contributed by atoms with Crippen molar-refractivity contribution >= 4 is 5.97 Å². The van der Waals surface area contributed by atoms with E-state index in [2.05, 4.69) is 5.32 Å². The maximum atomic E-state index is 11.3. The lowest BCUT2D eigenvalue weighted by Crippen LogP contribution is -2.40. The summed E-state index contributed by atoms with van der Waals surface area (Å²) in [5.41, 5.74) is 0.